The summed E-state index contributed by atoms with van der Waals surface area (Å²) in [7, 11) is 1.91. The van der Waals surface area contributed by atoms with Crippen LogP contribution in [0.1, 0.15) is 32.1 Å². The number of anilines is 1. The maximum atomic E-state index is 11.9. The van der Waals surface area contributed by atoms with Gasteiger partial charge in [-0.2, -0.15) is 0 Å². The average molecular weight is 370 g/mol. The van der Waals surface area contributed by atoms with Gasteiger partial charge in [0.25, 0.3) is 0 Å². The first kappa shape index (κ1) is 20.5. The maximum Gasteiger partial charge on any atom is 0.224 e. The number of carbonyl (C=O) groups is 1. The first-order chi connectivity index (χ1) is 11.2. The lowest BCUT2D eigenvalue weighted by Crippen LogP contribution is -2.11. The quantitative estimate of drug-likeness (QED) is 0.662. The molecule has 2 aromatic rings. The average Bonchev–Trinajstić information content (AvgIpc) is 2.94. The number of rotatable bonds is 9. The zero-order valence-corrected chi connectivity index (χ0v) is 15.4. The van der Waals surface area contributed by atoms with Gasteiger partial charge in [0.15, 0.2) is 5.16 Å². The summed E-state index contributed by atoms with van der Waals surface area (Å²) in [6.07, 6.45) is 6.32. The van der Waals surface area contributed by atoms with Crippen LogP contribution in [0.25, 0.3) is 0 Å². The Balaban J connectivity index is 0.00000288. The van der Waals surface area contributed by atoms with E-state index in [0.717, 1.165) is 48.0 Å². The van der Waals surface area contributed by atoms with E-state index in [9.17, 15) is 4.79 Å². The number of nitrogens with zero attached hydrogens (tertiary/aromatic N) is 3. The number of nitrogens with one attached hydrogen (secondary N) is 1. The Morgan fingerprint density at radius 3 is 2.54 bits per heavy atom. The van der Waals surface area contributed by atoms with E-state index in [0.29, 0.717) is 6.42 Å². The molecule has 0 aliphatic rings. The molecule has 1 aromatic heterocycles. The standard InChI is InChI=1S/C16H23N5OS.ClH/c1-21-12-18-20-16(21)23-14-9-7-13(8-10-14)19-15(22)6-4-2-3-5-11-17;/h7-10,12H,2-6,11,17H2,1H3,(H,19,22);1H. The predicted octanol–water partition coefficient (Wildman–Crippen LogP) is 3.24. The van der Waals surface area contributed by atoms with Crippen molar-refractivity contribution in [2.75, 3.05) is 11.9 Å². The van der Waals surface area contributed by atoms with Crippen LogP contribution in [-0.2, 0) is 11.8 Å². The molecule has 3 N–H and O–H groups in total. The van der Waals surface area contributed by atoms with Crippen molar-refractivity contribution in [2.24, 2.45) is 12.8 Å². The van der Waals surface area contributed by atoms with Crippen LogP contribution < -0.4 is 11.1 Å². The summed E-state index contributed by atoms with van der Waals surface area (Å²) in [5.74, 6) is 0.0615. The number of hydrogen-bond acceptors (Lipinski definition) is 5. The van der Waals surface area contributed by atoms with E-state index < -0.39 is 0 Å². The summed E-state index contributed by atoms with van der Waals surface area (Å²) in [5.41, 5.74) is 6.26. The molecule has 0 bridgehead atoms. The monoisotopic (exact) mass is 369 g/mol. The maximum absolute atomic E-state index is 11.9. The summed E-state index contributed by atoms with van der Waals surface area (Å²) in [5, 5.41) is 11.6. The fraction of sp³-hybridized carbons (Fsp3) is 0.438. The molecule has 132 valence electrons. The van der Waals surface area contributed by atoms with Gasteiger partial charge in [0.1, 0.15) is 6.33 Å². The van der Waals surface area contributed by atoms with E-state index in [4.69, 9.17) is 5.73 Å². The molecule has 24 heavy (non-hydrogen) atoms. The second kappa shape index (κ2) is 11.1. The molecular weight excluding hydrogens is 346 g/mol. The topological polar surface area (TPSA) is 85.8 Å². The number of benzene rings is 1. The zero-order valence-electron chi connectivity index (χ0n) is 13.8. The third-order valence-electron chi connectivity index (χ3n) is 3.38. The predicted molar refractivity (Wildman–Crippen MR) is 99.6 cm³/mol. The van der Waals surface area contributed by atoms with Crippen molar-refractivity contribution >= 4 is 35.8 Å². The molecule has 0 atom stereocenters. The van der Waals surface area contributed by atoms with E-state index in [1.165, 1.54) is 11.8 Å². The SMILES string of the molecule is Cl.Cn1cnnc1Sc1ccc(NC(=O)CCCCCCN)cc1. The summed E-state index contributed by atoms with van der Waals surface area (Å²) in [6.45, 7) is 0.727. The highest BCUT2D eigenvalue weighted by Gasteiger charge is 2.05. The van der Waals surface area contributed by atoms with E-state index >= 15 is 0 Å². The molecule has 1 amide bonds. The van der Waals surface area contributed by atoms with Gasteiger partial charge < -0.3 is 15.6 Å². The summed E-state index contributed by atoms with van der Waals surface area (Å²) in [4.78, 5) is 12.9. The third kappa shape index (κ3) is 6.90. The lowest BCUT2D eigenvalue weighted by molar-refractivity contribution is -0.116. The number of nitrogens with two attached hydrogens (primary N) is 1. The van der Waals surface area contributed by atoms with Crippen LogP contribution in [0.2, 0.25) is 0 Å². The number of halogens is 1. The van der Waals surface area contributed by atoms with Gasteiger partial charge in [-0.05, 0) is 55.4 Å². The molecular formula is C16H24ClN5OS. The lowest BCUT2D eigenvalue weighted by Gasteiger charge is -2.06. The number of unbranched alkanes of at least 4 members (excludes halogenated alkanes) is 3. The number of amides is 1. The van der Waals surface area contributed by atoms with Crippen LogP contribution in [0.3, 0.4) is 0 Å². The Labute approximate surface area is 153 Å². The van der Waals surface area contributed by atoms with Gasteiger partial charge in [-0.15, -0.1) is 22.6 Å². The number of carbonyl (C=O) groups excluding carboxylic acids is 1. The number of aromatic nitrogens is 3. The van der Waals surface area contributed by atoms with E-state index in [1.54, 1.807) is 6.33 Å². The van der Waals surface area contributed by atoms with Gasteiger partial charge in [-0.25, -0.2) is 0 Å². The Kier molecular flexibility index (Phi) is 9.44. The molecule has 0 saturated carbocycles. The number of aryl methyl sites for hydroxylation is 1. The molecule has 6 nitrogen and oxygen atoms in total. The molecule has 0 aliphatic heterocycles. The second-order valence-corrected chi connectivity index (χ2v) is 6.39. The van der Waals surface area contributed by atoms with Gasteiger partial charge in [-0.1, -0.05) is 12.8 Å². The molecule has 0 unspecified atom stereocenters. The van der Waals surface area contributed by atoms with Gasteiger partial charge >= 0.3 is 0 Å². The summed E-state index contributed by atoms with van der Waals surface area (Å²) in [6, 6.07) is 7.75. The van der Waals surface area contributed by atoms with E-state index in [2.05, 4.69) is 15.5 Å². The third-order valence-corrected chi connectivity index (χ3v) is 4.44. The molecule has 0 aliphatic carbocycles. The summed E-state index contributed by atoms with van der Waals surface area (Å²) < 4.78 is 1.87. The van der Waals surface area contributed by atoms with Crippen LogP contribution >= 0.6 is 24.2 Å². The van der Waals surface area contributed by atoms with Crippen molar-refractivity contribution in [3.8, 4) is 0 Å². The van der Waals surface area contributed by atoms with Crippen molar-refractivity contribution in [3.63, 3.8) is 0 Å². The largest absolute Gasteiger partial charge is 0.330 e. The number of hydrogen-bond donors (Lipinski definition) is 2. The van der Waals surface area contributed by atoms with Crippen molar-refractivity contribution in [1.29, 1.82) is 0 Å². The van der Waals surface area contributed by atoms with Gasteiger partial charge in [0.2, 0.25) is 5.91 Å². The van der Waals surface area contributed by atoms with Crippen LogP contribution in [0, 0.1) is 0 Å². The molecule has 1 aromatic carbocycles. The van der Waals surface area contributed by atoms with Crippen LogP contribution in [-0.4, -0.2) is 27.2 Å². The van der Waals surface area contributed by atoms with Crippen molar-refractivity contribution < 1.29 is 4.79 Å². The Morgan fingerprint density at radius 1 is 1.21 bits per heavy atom. The molecule has 8 heteroatoms. The van der Waals surface area contributed by atoms with Gasteiger partial charge in [-0.3, -0.25) is 4.79 Å². The Bertz CT molecular complexity index is 617. The zero-order chi connectivity index (χ0) is 16.5. The van der Waals surface area contributed by atoms with Crippen molar-refractivity contribution in [1.82, 2.24) is 14.8 Å². The Hall–Kier alpha value is -1.57. The van der Waals surface area contributed by atoms with Crippen LogP contribution in [0.4, 0.5) is 5.69 Å². The van der Waals surface area contributed by atoms with Crippen LogP contribution in [0.15, 0.2) is 40.6 Å². The Morgan fingerprint density at radius 2 is 1.92 bits per heavy atom. The highest BCUT2D eigenvalue weighted by Crippen LogP contribution is 2.26. The minimum Gasteiger partial charge on any atom is -0.330 e. The fourth-order valence-corrected chi connectivity index (χ4v) is 2.85. The summed E-state index contributed by atoms with van der Waals surface area (Å²) >= 11 is 1.54. The highest BCUT2D eigenvalue weighted by atomic mass is 35.5. The van der Waals surface area contributed by atoms with Crippen molar-refractivity contribution in [3.05, 3.63) is 30.6 Å². The van der Waals surface area contributed by atoms with Crippen molar-refractivity contribution in [2.45, 2.75) is 42.2 Å². The smallest absolute Gasteiger partial charge is 0.224 e. The van der Waals surface area contributed by atoms with E-state index in [-0.39, 0.29) is 18.3 Å². The van der Waals surface area contributed by atoms with Gasteiger partial charge in [0, 0.05) is 24.1 Å². The van der Waals surface area contributed by atoms with Gasteiger partial charge in [0.05, 0.1) is 0 Å². The van der Waals surface area contributed by atoms with E-state index in [1.807, 2.05) is 35.9 Å². The normalized spacial score (nSPS) is 10.2. The first-order valence-electron chi connectivity index (χ1n) is 7.81. The minimum atomic E-state index is 0. The second-order valence-electron chi connectivity index (χ2n) is 5.35. The highest BCUT2D eigenvalue weighted by molar-refractivity contribution is 7.99. The van der Waals surface area contributed by atoms with Crippen LogP contribution in [0.5, 0.6) is 0 Å². The minimum absolute atomic E-state index is 0. The molecule has 1 heterocycles. The molecule has 0 spiro atoms. The molecule has 0 fully saturated rings. The molecule has 0 saturated heterocycles. The molecule has 0 radical (unpaired) electrons. The molecule has 2 rings (SSSR count). The first-order valence-corrected chi connectivity index (χ1v) is 8.62. The lowest BCUT2D eigenvalue weighted by atomic mass is 10.1. The fourth-order valence-electron chi connectivity index (χ4n) is 2.08.